The van der Waals surface area contributed by atoms with Crippen LogP contribution in [0.5, 0.6) is 0 Å². The fourth-order valence-electron chi connectivity index (χ4n) is 10.2. The quantitative estimate of drug-likeness (QED) is 0.167. The summed E-state index contributed by atoms with van der Waals surface area (Å²) < 4.78 is 12.8. The van der Waals surface area contributed by atoms with Gasteiger partial charge >= 0.3 is 0 Å². The third-order valence-corrected chi connectivity index (χ3v) is 13.4. The number of para-hydroxylation sites is 2. The van der Waals surface area contributed by atoms with Crippen molar-refractivity contribution >= 4 is 101 Å². The van der Waals surface area contributed by atoms with Gasteiger partial charge in [-0.3, -0.25) is 0 Å². The van der Waals surface area contributed by atoms with E-state index < -0.39 is 0 Å². The van der Waals surface area contributed by atoms with Crippen LogP contribution in [-0.4, -0.2) is 6.71 Å². The van der Waals surface area contributed by atoms with E-state index in [9.17, 15) is 0 Å². The first-order valence-electron chi connectivity index (χ1n) is 21.9. The van der Waals surface area contributed by atoms with E-state index >= 15 is 0 Å². The van der Waals surface area contributed by atoms with Crippen molar-refractivity contribution in [3.8, 4) is 11.1 Å². The average Bonchev–Trinajstić information content (AvgIpc) is 3.83. The molecule has 0 aliphatic carbocycles. The molecule has 5 heteroatoms. The molecule has 10 aromatic rings. The fraction of sp³-hybridized carbons (Fsp3) is 0.158. The molecule has 0 unspecified atom stereocenters. The van der Waals surface area contributed by atoms with E-state index in [4.69, 9.17) is 8.83 Å². The SMILES string of the molecule is Cc1cc2c3c(c1)N(c1ccc4c(c1)oc1ccccc14)c1cc(C(C)(C)C)ccc1B3c1ccc(C(C)(C)C)cc1N2c1ccc(-c2ccc3c(c2)oc2ccccc23)cc1. The number of benzene rings is 8. The molecule has 0 bridgehead atoms. The molecule has 0 amide bonds. The van der Waals surface area contributed by atoms with Gasteiger partial charge in [-0.2, -0.15) is 0 Å². The third kappa shape index (κ3) is 5.53. The Hall–Kier alpha value is -6.98. The zero-order valence-corrected chi connectivity index (χ0v) is 36.3. The first-order valence-corrected chi connectivity index (χ1v) is 21.9. The van der Waals surface area contributed by atoms with E-state index in [0.717, 1.165) is 66.4 Å². The molecule has 8 aromatic carbocycles. The van der Waals surface area contributed by atoms with Gasteiger partial charge in [-0.25, -0.2) is 0 Å². The number of nitrogens with zero attached hydrogens (tertiary/aromatic N) is 2. The Kier molecular flexibility index (Phi) is 7.73. The summed E-state index contributed by atoms with van der Waals surface area (Å²) in [6, 6.07) is 58.3. The minimum atomic E-state index is -0.0334. The van der Waals surface area contributed by atoms with Gasteiger partial charge < -0.3 is 18.6 Å². The van der Waals surface area contributed by atoms with Crippen LogP contribution in [0.3, 0.4) is 0 Å². The maximum Gasteiger partial charge on any atom is 0.252 e. The molecule has 0 radical (unpaired) electrons. The number of rotatable bonds is 3. The maximum absolute atomic E-state index is 6.53. The molecule has 12 rings (SSSR count). The Labute approximate surface area is 363 Å². The number of hydrogen-bond donors (Lipinski definition) is 0. The summed E-state index contributed by atoms with van der Waals surface area (Å²) in [6.45, 7) is 16.1. The molecule has 300 valence electrons. The second-order valence-corrected chi connectivity index (χ2v) is 19.5. The summed E-state index contributed by atoms with van der Waals surface area (Å²) in [7, 11) is 0. The van der Waals surface area contributed by atoms with Crippen LogP contribution in [0.2, 0.25) is 0 Å². The minimum absolute atomic E-state index is 0.0317. The van der Waals surface area contributed by atoms with Crippen molar-refractivity contribution < 1.29 is 8.83 Å². The predicted octanol–water partition coefficient (Wildman–Crippen LogP) is 14.1. The van der Waals surface area contributed by atoms with E-state index in [1.807, 2.05) is 18.2 Å². The summed E-state index contributed by atoms with van der Waals surface area (Å²) in [5.41, 5.74) is 20.7. The van der Waals surface area contributed by atoms with Gasteiger partial charge in [0.2, 0.25) is 0 Å². The highest BCUT2D eigenvalue weighted by Gasteiger charge is 2.44. The number of anilines is 6. The highest BCUT2D eigenvalue weighted by atomic mass is 16.3. The number of hydrogen-bond acceptors (Lipinski definition) is 4. The Morgan fingerprint density at radius 3 is 1.44 bits per heavy atom. The molecule has 62 heavy (non-hydrogen) atoms. The van der Waals surface area contributed by atoms with Gasteiger partial charge in [0.15, 0.2) is 0 Å². The number of aryl methyl sites for hydroxylation is 1. The van der Waals surface area contributed by atoms with Crippen LogP contribution in [0.1, 0.15) is 58.2 Å². The molecule has 0 atom stereocenters. The van der Waals surface area contributed by atoms with E-state index in [0.29, 0.717) is 0 Å². The van der Waals surface area contributed by atoms with Gasteiger partial charge in [0.05, 0.1) is 0 Å². The largest absolute Gasteiger partial charge is 0.456 e. The van der Waals surface area contributed by atoms with Gasteiger partial charge in [-0.05, 0) is 135 Å². The van der Waals surface area contributed by atoms with Gasteiger partial charge in [0, 0.05) is 61.7 Å². The maximum atomic E-state index is 6.53. The first-order chi connectivity index (χ1) is 29.9. The molecule has 0 saturated heterocycles. The van der Waals surface area contributed by atoms with Crippen molar-refractivity contribution in [2.24, 2.45) is 0 Å². The molecule has 2 aliphatic rings. The van der Waals surface area contributed by atoms with Gasteiger partial charge in [0.25, 0.3) is 6.71 Å². The zero-order chi connectivity index (χ0) is 42.2. The molecule has 2 aromatic heterocycles. The standard InChI is InChI=1S/C57H47BN2O2/c1-34-28-49-55-50(29-34)60(40-23-25-44-42-13-9-11-15-52(42)62-54(44)33-40)48-32-38(57(5,6)7)20-27-46(48)58(55)45-26-19-37(56(2,3)4)31-47(45)59(49)39-21-16-35(17-22-39)36-18-24-43-41-12-8-10-14-51(41)61-53(43)30-36/h8-33H,1-7H3. The van der Waals surface area contributed by atoms with Crippen molar-refractivity contribution in [1.29, 1.82) is 0 Å². The lowest BCUT2D eigenvalue weighted by Gasteiger charge is -2.45. The molecule has 0 saturated carbocycles. The lowest BCUT2D eigenvalue weighted by atomic mass is 9.33. The Morgan fingerprint density at radius 2 is 0.871 bits per heavy atom. The van der Waals surface area contributed by atoms with Gasteiger partial charge in [-0.1, -0.05) is 120 Å². The van der Waals surface area contributed by atoms with Gasteiger partial charge in [-0.15, -0.1) is 0 Å². The first kappa shape index (κ1) is 36.8. The second kappa shape index (κ2) is 13.0. The van der Waals surface area contributed by atoms with Crippen LogP contribution in [0.25, 0.3) is 55.0 Å². The van der Waals surface area contributed by atoms with Crippen molar-refractivity contribution in [2.75, 3.05) is 9.80 Å². The van der Waals surface area contributed by atoms with Crippen LogP contribution >= 0.6 is 0 Å². The molecule has 0 fully saturated rings. The molecule has 4 nitrogen and oxygen atoms in total. The van der Waals surface area contributed by atoms with Crippen molar-refractivity contribution in [3.63, 3.8) is 0 Å². The molecular formula is C57H47BN2O2. The molecule has 4 heterocycles. The topological polar surface area (TPSA) is 32.8 Å². The molecule has 0 N–H and O–H groups in total. The van der Waals surface area contributed by atoms with Crippen LogP contribution in [0, 0.1) is 6.92 Å². The molecule has 0 spiro atoms. The van der Waals surface area contributed by atoms with E-state index in [1.54, 1.807) is 0 Å². The Bertz CT molecular complexity index is 3470. The predicted molar refractivity (Wildman–Crippen MR) is 263 cm³/mol. The lowest BCUT2D eigenvalue weighted by molar-refractivity contribution is 0.590. The van der Waals surface area contributed by atoms with E-state index in [2.05, 4.69) is 198 Å². The van der Waals surface area contributed by atoms with E-state index in [1.165, 1.54) is 55.8 Å². The summed E-state index contributed by atoms with van der Waals surface area (Å²) >= 11 is 0. The van der Waals surface area contributed by atoms with Crippen LogP contribution < -0.4 is 26.2 Å². The Morgan fingerprint density at radius 1 is 0.403 bits per heavy atom. The molecule has 2 aliphatic heterocycles. The normalized spacial score (nSPS) is 13.6. The van der Waals surface area contributed by atoms with Crippen LogP contribution in [0.15, 0.2) is 167 Å². The van der Waals surface area contributed by atoms with Crippen molar-refractivity contribution in [1.82, 2.24) is 0 Å². The van der Waals surface area contributed by atoms with Crippen LogP contribution in [0.4, 0.5) is 34.1 Å². The van der Waals surface area contributed by atoms with Crippen LogP contribution in [-0.2, 0) is 10.8 Å². The smallest absolute Gasteiger partial charge is 0.252 e. The highest BCUT2D eigenvalue weighted by molar-refractivity contribution is 7.00. The number of furan rings is 2. The summed E-state index contributed by atoms with van der Waals surface area (Å²) in [5, 5.41) is 4.56. The third-order valence-electron chi connectivity index (χ3n) is 13.4. The summed E-state index contributed by atoms with van der Waals surface area (Å²) in [5.74, 6) is 0. The van der Waals surface area contributed by atoms with Crippen molar-refractivity contribution in [3.05, 3.63) is 174 Å². The second-order valence-electron chi connectivity index (χ2n) is 19.5. The lowest BCUT2D eigenvalue weighted by Crippen LogP contribution is -2.61. The summed E-state index contributed by atoms with van der Waals surface area (Å²) in [6.07, 6.45) is 0. The molecular weight excluding hydrogens is 755 g/mol. The highest BCUT2D eigenvalue weighted by Crippen LogP contribution is 2.47. The van der Waals surface area contributed by atoms with Gasteiger partial charge in [0.1, 0.15) is 22.3 Å². The minimum Gasteiger partial charge on any atom is -0.456 e. The van der Waals surface area contributed by atoms with Crippen molar-refractivity contribution in [2.45, 2.75) is 59.3 Å². The fourth-order valence-corrected chi connectivity index (χ4v) is 10.2. The summed E-state index contributed by atoms with van der Waals surface area (Å²) in [4.78, 5) is 5.03. The Balaban J connectivity index is 1.07. The zero-order valence-electron chi connectivity index (χ0n) is 36.3. The average molecular weight is 803 g/mol. The number of fused-ring (bicyclic) bond motifs is 10. The monoisotopic (exact) mass is 802 g/mol. The van der Waals surface area contributed by atoms with E-state index in [-0.39, 0.29) is 17.5 Å².